The molecule has 0 atom stereocenters. The standard InChI is InChI=1S/C23H28N4O3S/c1-15-16(2)31-23-21(15)22(29)25-19(26-23)7-8-20(28)24-18-5-3-17(4-6-18)9-10-27-11-13-30-14-12-27/h3-6H,7-14H2,1-2H3,(H,24,28)(H,25,26,29). The van der Waals surface area contributed by atoms with E-state index in [1.54, 1.807) is 0 Å². The number of hydrogen-bond donors (Lipinski definition) is 2. The van der Waals surface area contributed by atoms with E-state index >= 15 is 0 Å². The molecule has 8 heteroatoms. The lowest BCUT2D eigenvalue weighted by Gasteiger charge is -2.26. The summed E-state index contributed by atoms with van der Waals surface area (Å²) >= 11 is 1.52. The molecule has 1 saturated heterocycles. The Morgan fingerprint density at radius 1 is 1.19 bits per heavy atom. The topological polar surface area (TPSA) is 87.3 Å². The summed E-state index contributed by atoms with van der Waals surface area (Å²) in [6.07, 6.45) is 1.64. The molecule has 164 valence electrons. The maximum absolute atomic E-state index is 12.4. The fourth-order valence-corrected chi connectivity index (χ4v) is 4.79. The average Bonchev–Trinajstić information content (AvgIpc) is 3.06. The van der Waals surface area contributed by atoms with Gasteiger partial charge < -0.3 is 15.0 Å². The van der Waals surface area contributed by atoms with Gasteiger partial charge in [-0.05, 0) is 43.5 Å². The predicted molar refractivity (Wildman–Crippen MR) is 124 cm³/mol. The highest BCUT2D eigenvalue weighted by molar-refractivity contribution is 7.18. The monoisotopic (exact) mass is 440 g/mol. The number of ether oxygens (including phenoxy) is 1. The summed E-state index contributed by atoms with van der Waals surface area (Å²) in [6.45, 7) is 8.56. The third-order valence-corrected chi connectivity index (χ3v) is 6.84. The molecule has 1 fully saturated rings. The smallest absolute Gasteiger partial charge is 0.259 e. The largest absolute Gasteiger partial charge is 0.379 e. The molecule has 0 saturated carbocycles. The number of anilines is 1. The number of benzene rings is 1. The zero-order valence-corrected chi connectivity index (χ0v) is 18.8. The molecule has 0 spiro atoms. The number of amides is 1. The molecule has 1 aliphatic rings. The number of carbonyl (C=O) groups is 1. The maximum atomic E-state index is 12.4. The third-order valence-electron chi connectivity index (χ3n) is 5.74. The van der Waals surface area contributed by atoms with Crippen molar-refractivity contribution in [2.75, 3.05) is 38.2 Å². The van der Waals surface area contributed by atoms with E-state index in [9.17, 15) is 9.59 Å². The first kappa shape index (κ1) is 21.7. The number of H-pyrrole nitrogens is 1. The predicted octanol–water partition coefficient (Wildman–Crippen LogP) is 3.05. The minimum Gasteiger partial charge on any atom is -0.379 e. The Bertz CT molecular complexity index is 1110. The first-order valence-electron chi connectivity index (χ1n) is 10.7. The molecule has 0 aliphatic carbocycles. The van der Waals surface area contributed by atoms with Gasteiger partial charge in [0.25, 0.3) is 5.56 Å². The first-order valence-corrected chi connectivity index (χ1v) is 11.5. The number of aromatic amines is 1. The summed E-state index contributed by atoms with van der Waals surface area (Å²) in [4.78, 5) is 36.3. The zero-order chi connectivity index (χ0) is 21.8. The molecule has 4 rings (SSSR count). The second-order valence-corrected chi connectivity index (χ2v) is 9.13. The van der Waals surface area contributed by atoms with E-state index in [-0.39, 0.29) is 17.9 Å². The highest BCUT2D eigenvalue weighted by Crippen LogP contribution is 2.25. The molecule has 1 amide bonds. The van der Waals surface area contributed by atoms with Crippen molar-refractivity contribution in [1.29, 1.82) is 0 Å². The maximum Gasteiger partial charge on any atom is 0.259 e. The lowest BCUT2D eigenvalue weighted by Crippen LogP contribution is -2.37. The van der Waals surface area contributed by atoms with Gasteiger partial charge in [0.1, 0.15) is 10.7 Å². The average molecular weight is 441 g/mol. The van der Waals surface area contributed by atoms with Crippen molar-refractivity contribution in [3.8, 4) is 0 Å². The number of fused-ring (bicyclic) bond motifs is 1. The number of thiophene rings is 1. The Kier molecular flexibility index (Phi) is 6.80. The summed E-state index contributed by atoms with van der Waals surface area (Å²) in [5.74, 6) is 0.453. The molecular formula is C23H28N4O3S. The molecule has 0 radical (unpaired) electrons. The number of hydrogen-bond acceptors (Lipinski definition) is 6. The van der Waals surface area contributed by atoms with E-state index < -0.39 is 0 Å². The van der Waals surface area contributed by atoms with Crippen LogP contribution in [0.25, 0.3) is 10.2 Å². The van der Waals surface area contributed by atoms with E-state index in [2.05, 4.69) is 32.3 Å². The van der Waals surface area contributed by atoms with Gasteiger partial charge in [-0.2, -0.15) is 0 Å². The molecule has 7 nitrogen and oxygen atoms in total. The van der Waals surface area contributed by atoms with Crippen molar-refractivity contribution in [2.45, 2.75) is 33.1 Å². The van der Waals surface area contributed by atoms with Crippen LogP contribution in [0, 0.1) is 13.8 Å². The number of carbonyl (C=O) groups excluding carboxylic acids is 1. The van der Waals surface area contributed by atoms with Crippen LogP contribution in [0.4, 0.5) is 5.69 Å². The van der Waals surface area contributed by atoms with Crippen molar-refractivity contribution in [2.24, 2.45) is 0 Å². The second-order valence-electron chi connectivity index (χ2n) is 7.93. The lowest BCUT2D eigenvalue weighted by atomic mass is 10.1. The first-order chi connectivity index (χ1) is 15.0. The third kappa shape index (κ3) is 5.39. The van der Waals surface area contributed by atoms with Crippen molar-refractivity contribution in [3.63, 3.8) is 0 Å². The summed E-state index contributed by atoms with van der Waals surface area (Å²) in [7, 11) is 0. The van der Waals surface area contributed by atoms with E-state index in [0.29, 0.717) is 17.6 Å². The van der Waals surface area contributed by atoms with E-state index in [4.69, 9.17) is 4.74 Å². The van der Waals surface area contributed by atoms with Crippen molar-refractivity contribution in [1.82, 2.24) is 14.9 Å². The zero-order valence-electron chi connectivity index (χ0n) is 18.0. The van der Waals surface area contributed by atoms with Crippen molar-refractivity contribution >= 4 is 33.1 Å². The van der Waals surface area contributed by atoms with Gasteiger partial charge in [-0.15, -0.1) is 11.3 Å². The fourth-order valence-electron chi connectivity index (χ4n) is 3.74. The van der Waals surface area contributed by atoms with Gasteiger partial charge in [-0.3, -0.25) is 14.5 Å². The number of rotatable bonds is 7. The Hall–Kier alpha value is -2.55. The Morgan fingerprint density at radius 2 is 1.94 bits per heavy atom. The molecule has 3 heterocycles. The molecule has 3 aromatic rings. The highest BCUT2D eigenvalue weighted by atomic mass is 32.1. The number of morpholine rings is 1. The van der Waals surface area contributed by atoms with Gasteiger partial charge in [0.15, 0.2) is 0 Å². The van der Waals surface area contributed by atoms with Crippen LogP contribution in [0.2, 0.25) is 0 Å². The van der Waals surface area contributed by atoms with Crippen LogP contribution in [0.1, 0.15) is 28.2 Å². The van der Waals surface area contributed by atoms with Crippen molar-refractivity contribution in [3.05, 3.63) is 56.4 Å². The molecule has 2 N–H and O–H groups in total. The quantitative estimate of drug-likeness (QED) is 0.590. The van der Waals surface area contributed by atoms with Crippen LogP contribution in [0.15, 0.2) is 29.1 Å². The molecular weight excluding hydrogens is 412 g/mol. The Labute approximate surface area is 185 Å². The SMILES string of the molecule is Cc1sc2nc(CCC(=O)Nc3ccc(CCN4CCOCC4)cc3)[nH]c(=O)c2c1C. The number of nitrogens with zero attached hydrogens (tertiary/aromatic N) is 2. The van der Waals surface area contributed by atoms with Gasteiger partial charge >= 0.3 is 0 Å². The number of aryl methyl sites for hydroxylation is 3. The van der Waals surface area contributed by atoms with Gasteiger partial charge in [-0.1, -0.05) is 12.1 Å². The summed E-state index contributed by atoms with van der Waals surface area (Å²) < 4.78 is 5.38. The fraction of sp³-hybridized carbons (Fsp3) is 0.435. The molecule has 1 aromatic carbocycles. The van der Waals surface area contributed by atoms with Crippen LogP contribution in [-0.2, 0) is 22.4 Å². The van der Waals surface area contributed by atoms with E-state index in [1.165, 1.54) is 16.9 Å². The lowest BCUT2D eigenvalue weighted by molar-refractivity contribution is -0.116. The van der Waals surface area contributed by atoms with Crippen LogP contribution >= 0.6 is 11.3 Å². The molecule has 0 bridgehead atoms. The summed E-state index contributed by atoms with van der Waals surface area (Å²) in [5, 5.41) is 3.58. The molecule has 1 aliphatic heterocycles. The second kappa shape index (κ2) is 9.72. The Balaban J connectivity index is 1.28. The molecule has 31 heavy (non-hydrogen) atoms. The van der Waals surface area contributed by atoms with Gasteiger partial charge in [-0.25, -0.2) is 4.98 Å². The van der Waals surface area contributed by atoms with Crippen molar-refractivity contribution < 1.29 is 9.53 Å². The van der Waals surface area contributed by atoms with Gasteiger partial charge in [0.2, 0.25) is 5.91 Å². The highest BCUT2D eigenvalue weighted by Gasteiger charge is 2.13. The van der Waals surface area contributed by atoms with Gasteiger partial charge in [0.05, 0.1) is 18.6 Å². The van der Waals surface area contributed by atoms with Crippen LogP contribution < -0.4 is 10.9 Å². The van der Waals surface area contributed by atoms with Gasteiger partial charge in [0, 0.05) is 43.0 Å². The summed E-state index contributed by atoms with van der Waals surface area (Å²) in [6, 6.07) is 8.00. The number of nitrogens with one attached hydrogen (secondary N) is 2. The van der Waals surface area contributed by atoms with E-state index in [0.717, 1.165) is 60.2 Å². The molecule has 0 unspecified atom stereocenters. The van der Waals surface area contributed by atoms with Crippen LogP contribution in [-0.4, -0.2) is 53.6 Å². The molecule has 2 aromatic heterocycles. The number of aromatic nitrogens is 2. The van der Waals surface area contributed by atoms with E-state index in [1.807, 2.05) is 26.0 Å². The normalized spacial score (nSPS) is 14.8. The Morgan fingerprint density at radius 3 is 2.68 bits per heavy atom. The van der Waals surface area contributed by atoms with Crippen LogP contribution in [0.3, 0.4) is 0 Å². The van der Waals surface area contributed by atoms with Crippen LogP contribution in [0.5, 0.6) is 0 Å². The minimum atomic E-state index is -0.130. The minimum absolute atomic E-state index is 0.0950. The summed E-state index contributed by atoms with van der Waals surface area (Å²) in [5.41, 5.74) is 2.88.